The molecule has 1 unspecified atom stereocenters. The van der Waals surface area contributed by atoms with E-state index >= 15 is 0 Å². The van der Waals surface area contributed by atoms with Crippen LogP contribution >= 0.6 is 15.9 Å². The van der Waals surface area contributed by atoms with Gasteiger partial charge in [0.2, 0.25) is 0 Å². The minimum absolute atomic E-state index is 0.249. The lowest BCUT2D eigenvalue weighted by Gasteiger charge is -2.12. The summed E-state index contributed by atoms with van der Waals surface area (Å²) < 4.78 is 6.24. The zero-order valence-corrected chi connectivity index (χ0v) is 9.97. The molecule has 0 saturated carbocycles. The number of benzene rings is 1. The zero-order chi connectivity index (χ0) is 10.6. The van der Waals surface area contributed by atoms with Crippen LogP contribution in [0.5, 0.6) is 5.75 Å². The second-order valence-electron chi connectivity index (χ2n) is 3.23. The van der Waals surface area contributed by atoms with Crippen LogP contribution in [0.4, 0.5) is 0 Å². The van der Waals surface area contributed by atoms with Crippen molar-refractivity contribution in [1.29, 1.82) is 0 Å². The first-order chi connectivity index (χ1) is 6.67. The first-order valence-electron chi connectivity index (χ1n) is 4.46. The minimum Gasteiger partial charge on any atom is -0.497 e. The zero-order valence-electron chi connectivity index (χ0n) is 8.38. The second kappa shape index (κ2) is 5.34. The third-order valence-corrected chi connectivity index (χ3v) is 2.84. The molecular weight excluding hydrogens is 244 g/mol. The van der Waals surface area contributed by atoms with Crippen molar-refractivity contribution in [2.24, 2.45) is 5.84 Å². The molecule has 0 saturated heterocycles. The van der Waals surface area contributed by atoms with E-state index in [1.807, 2.05) is 25.1 Å². The van der Waals surface area contributed by atoms with Crippen LogP contribution in [0, 0.1) is 0 Å². The first-order valence-corrected chi connectivity index (χ1v) is 5.25. The standard InChI is InChI=1S/C10H15BrN2O/c1-7(13-12)5-8-6-9(14-2)3-4-10(8)11/h3-4,6-7,13H,5,12H2,1-2H3. The Hall–Kier alpha value is -0.580. The number of nitrogens with two attached hydrogens (primary N) is 1. The van der Waals surface area contributed by atoms with Gasteiger partial charge in [-0.1, -0.05) is 15.9 Å². The average Bonchev–Trinajstić information content (AvgIpc) is 2.21. The summed E-state index contributed by atoms with van der Waals surface area (Å²) in [4.78, 5) is 0. The largest absolute Gasteiger partial charge is 0.497 e. The molecule has 1 aromatic carbocycles. The van der Waals surface area contributed by atoms with Gasteiger partial charge in [-0.3, -0.25) is 11.3 Å². The number of hydrogen-bond donors (Lipinski definition) is 2. The van der Waals surface area contributed by atoms with Crippen LogP contribution in [-0.2, 0) is 6.42 Å². The lowest BCUT2D eigenvalue weighted by molar-refractivity contribution is 0.413. The summed E-state index contributed by atoms with van der Waals surface area (Å²) in [7, 11) is 1.66. The van der Waals surface area contributed by atoms with Crippen molar-refractivity contribution in [3.63, 3.8) is 0 Å². The van der Waals surface area contributed by atoms with Crippen LogP contribution in [0.15, 0.2) is 22.7 Å². The van der Waals surface area contributed by atoms with Crippen LogP contribution in [0.2, 0.25) is 0 Å². The SMILES string of the molecule is COc1ccc(Br)c(CC(C)NN)c1. The van der Waals surface area contributed by atoms with E-state index in [1.54, 1.807) is 7.11 Å². The molecule has 0 aliphatic rings. The molecule has 0 heterocycles. The molecule has 0 aromatic heterocycles. The molecule has 4 heteroatoms. The van der Waals surface area contributed by atoms with Crippen LogP contribution in [0.1, 0.15) is 12.5 Å². The van der Waals surface area contributed by atoms with Crippen LogP contribution in [0.25, 0.3) is 0 Å². The summed E-state index contributed by atoms with van der Waals surface area (Å²) >= 11 is 3.49. The normalized spacial score (nSPS) is 12.6. The van der Waals surface area contributed by atoms with Crippen LogP contribution in [-0.4, -0.2) is 13.2 Å². The number of rotatable bonds is 4. The molecule has 3 N–H and O–H groups in total. The highest BCUT2D eigenvalue weighted by atomic mass is 79.9. The Morgan fingerprint density at radius 1 is 1.57 bits per heavy atom. The van der Waals surface area contributed by atoms with E-state index in [0.717, 1.165) is 16.6 Å². The lowest BCUT2D eigenvalue weighted by Crippen LogP contribution is -2.34. The predicted octanol–water partition coefficient (Wildman–Crippen LogP) is 1.85. The lowest BCUT2D eigenvalue weighted by atomic mass is 10.1. The van der Waals surface area contributed by atoms with E-state index in [0.29, 0.717) is 0 Å². The molecule has 0 aliphatic carbocycles. The molecule has 78 valence electrons. The maximum absolute atomic E-state index is 5.34. The van der Waals surface area contributed by atoms with Crippen molar-refractivity contribution in [2.75, 3.05) is 7.11 Å². The third kappa shape index (κ3) is 2.97. The Morgan fingerprint density at radius 2 is 2.29 bits per heavy atom. The summed E-state index contributed by atoms with van der Waals surface area (Å²) in [6, 6.07) is 6.17. The third-order valence-electron chi connectivity index (χ3n) is 2.06. The maximum atomic E-state index is 5.34. The van der Waals surface area contributed by atoms with Gasteiger partial charge in [0, 0.05) is 10.5 Å². The fourth-order valence-electron chi connectivity index (χ4n) is 1.22. The van der Waals surface area contributed by atoms with E-state index in [4.69, 9.17) is 10.6 Å². The van der Waals surface area contributed by atoms with E-state index in [-0.39, 0.29) is 6.04 Å². The highest BCUT2D eigenvalue weighted by Gasteiger charge is 2.06. The summed E-state index contributed by atoms with van der Waals surface area (Å²) in [5.74, 6) is 6.21. The van der Waals surface area contributed by atoms with Gasteiger partial charge in [0.15, 0.2) is 0 Å². The summed E-state index contributed by atoms with van der Waals surface area (Å²) in [5.41, 5.74) is 3.91. The first kappa shape index (κ1) is 11.5. The van der Waals surface area contributed by atoms with Crippen molar-refractivity contribution < 1.29 is 4.74 Å². The summed E-state index contributed by atoms with van der Waals surface area (Å²) in [6.07, 6.45) is 0.869. The van der Waals surface area contributed by atoms with Gasteiger partial charge in [0.1, 0.15) is 5.75 Å². The van der Waals surface area contributed by atoms with Crippen molar-refractivity contribution in [3.8, 4) is 5.75 Å². The number of nitrogens with one attached hydrogen (secondary N) is 1. The summed E-state index contributed by atoms with van der Waals surface area (Å²) in [5, 5.41) is 0. The fraction of sp³-hybridized carbons (Fsp3) is 0.400. The van der Waals surface area contributed by atoms with Crippen molar-refractivity contribution >= 4 is 15.9 Å². The molecule has 14 heavy (non-hydrogen) atoms. The van der Waals surface area contributed by atoms with Gasteiger partial charge in [0.25, 0.3) is 0 Å². The molecular formula is C10H15BrN2O. The van der Waals surface area contributed by atoms with Crippen LogP contribution in [0.3, 0.4) is 0 Å². The molecule has 1 atom stereocenters. The predicted molar refractivity (Wildman–Crippen MR) is 61.2 cm³/mol. The van der Waals surface area contributed by atoms with E-state index in [9.17, 15) is 0 Å². The molecule has 0 spiro atoms. The smallest absolute Gasteiger partial charge is 0.119 e. The molecule has 3 nitrogen and oxygen atoms in total. The minimum atomic E-state index is 0.249. The Labute approximate surface area is 92.7 Å². The summed E-state index contributed by atoms with van der Waals surface area (Å²) in [6.45, 7) is 2.03. The number of hydrazine groups is 1. The van der Waals surface area contributed by atoms with Gasteiger partial charge in [-0.15, -0.1) is 0 Å². The Kier molecular flexibility index (Phi) is 4.38. The van der Waals surface area contributed by atoms with Crippen molar-refractivity contribution in [3.05, 3.63) is 28.2 Å². The molecule has 1 aromatic rings. The highest BCUT2D eigenvalue weighted by Crippen LogP contribution is 2.23. The number of hydrogen-bond acceptors (Lipinski definition) is 3. The quantitative estimate of drug-likeness (QED) is 0.640. The van der Waals surface area contributed by atoms with Gasteiger partial charge < -0.3 is 4.74 Å². The maximum Gasteiger partial charge on any atom is 0.119 e. The number of ether oxygens (including phenoxy) is 1. The van der Waals surface area contributed by atoms with Crippen molar-refractivity contribution in [2.45, 2.75) is 19.4 Å². The molecule has 0 bridgehead atoms. The topological polar surface area (TPSA) is 47.3 Å². The monoisotopic (exact) mass is 258 g/mol. The van der Waals surface area contributed by atoms with E-state index < -0.39 is 0 Å². The van der Waals surface area contributed by atoms with Gasteiger partial charge in [-0.05, 0) is 37.1 Å². The van der Waals surface area contributed by atoms with Gasteiger partial charge in [-0.2, -0.15) is 0 Å². The number of halogens is 1. The number of methoxy groups -OCH3 is 1. The molecule has 0 radical (unpaired) electrons. The Morgan fingerprint density at radius 3 is 2.86 bits per heavy atom. The van der Waals surface area contributed by atoms with Crippen molar-refractivity contribution in [1.82, 2.24) is 5.43 Å². The van der Waals surface area contributed by atoms with E-state index in [2.05, 4.69) is 21.4 Å². The van der Waals surface area contributed by atoms with Gasteiger partial charge in [-0.25, -0.2) is 0 Å². The van der Waals surface area contributed by atoms with Gasteiger partial charge in [0.05, 0.1) is 7.11 Å². The Bertz CT molecular complexity index is 304. The molecule has 0 aliphatic heterocycles. The molecule has 0 amide bonds. The van der Waals surface area contributed by atoms with Crippen LogP contribution < -0.4 is 16.0 Å². The van der Waals surface area contributed by atoms with E-state index in [1.165, 1.54) is 5.56 Å². The highest BCUT2D eigenvalue weighted by molar-refractivity contribution is 9.10. The molecule has 0 fully saturated rings. The van der Waals surface area contributed by atoms with Gasteiger partial charge >= 0.3 is 0 Å². The fourth-order valence-corrected chi connectivity index (χ4v) is 1.63. The average molecular weight is 259 g/mol. The second-order valence-corrected chi connectivity index (χ2v) is 4.08. The Balaban J connectivity index is 2.83. The molecule has 1 rings (SSSR count).